The van der Waals surface area contributed by atoms with Crippen molar-refractivity contribution in [2.75, 3.05) is 26.4 Å². The zero-order valence-corrected chi connectivity index (χ0v) is 36.0. The van der Waals surface area contributed by atoms with Crippen LogP contribution in [0.2, 0.25) is 0 Å². The van der Waals surface area contributed by atoms with E-state index in [0.717, 1.165) is 44.9 Å². The zero-order valence-electron chi connectivity index (χ0n) is 35.1. The summed E-state index contributed by atoms with van der Waals surface area (Å²) >= 11 is 0. The molecule has 4 N–H and O–H groups in total. The van der Waals surface area contributed by atoms with Crippen molar-refractivity contribution in [3.8, 4) is 0 Å². The summed E-state index contributed by atoms with van der Waals surface area (Å²) in [7, 11) is -5.07. The van der Waals surface area contributed by atoms with Crippen LogP contribution in [0.5, 0.6) is 0 Å². The number of aliphatic hydroxyl groups excluding tert-OH is 3. The Hall–Kier alpha value is -1.94. The molecule has 0 amide bonds. The number of rotatable bonds is 37. The van der Waals surface area contributed by atoms with E-state index in [-0.39, 0.29) is 19.6 Å². The Balaban J connectivity index is 2.47. The Bertz CT molecular complexity index is 1190. The maximum atomic E-state index is 12.8. The molecule has 332 valence electrons. The van der Waals surface area contributed by atoms with Crippen LogP contribution in [0.1, 0.15) is 162 Å². The normalized spacial score (nSPS) is 21.1. The molecule has 0 saturated carbocycles. The van der Waals surface area contributed by atoms with E-state index in [9.17, 15) is 28.5 Å². The van der Waals surface area contributed by atoms with Crippen molar-refractivity contribution in [3.05, 3.63) is 48.6 Å². The van der Waals surface area contributed by atoms with Gasteiger partial charge in [-0.05, 0) is 38.5 Å². The molecule has 6 unspecified atom stereocenters. The van der Waals surface area contributed by atoms with Gasteiger partial charge in [0.05, 0.1) is 19.8 Å². The molecule has 0 aromatic rings. The van der Waals surface area contributed by atoms with Crippen LogP contribution in [-0.4, -0.2) is 97.5 Å². The number of esters is 1. The van der Waals surface area contributed by atoms with Gasteiger partial charge in [-0.25, -0.2) is 4.18 Å². The first-order valence-electron chi connectivity index (χ1n) is 21.9. The van der Waals surface area contributed by atoms with Crippen LogP contribution in [0, 0.1) is 0 Å². The van der Waals surface area contributed by atoms with Crippen LogP contribution in [0.3, 0.4) is 0 Å². The predicted molar refractivity (Wildman–Crippen MR) is 225 cm³/mol. The molecule has 6 atom stereocenters. The Morgan fingerprint density at radius 1 is 0.684 bits per heavy atom. The summed E-state index contributed by atoms with van der Waals surface area (Å²) in [5, 5.41) is 30.6. The third-order valence-electron chi connectivity index (χ3n) is 9.73. The highest BCUT2D eigenvalue weighted by atomic mass is 32.3. The number of carbonyl (C=O) groups is 1. The van der Waals surface area contributed by atoms with Crippen molar-refractivity contribution >= 4 is 16.4 Å². The minimum Gasteiger partial charge on any atom is -0.457 e. The SMILES string of the molecule is CC/C=C\C/C=C\C/C=C\C/C=C\CCC(=O)OC(COCCCCCCCCCCCCCCCCCCC)COC1OC(CO)C(O)C(OS(=O)(=O)O)C1O. The molecule has 1 aliphatic rings. The molecule has 1 saturated heterocycles. The molecule has 13 heteroatoms. The van der Waals surface area contributed by atoms with E-state index in [1.54, 1.807) is 0 Å². The van der Waals surface area contributed by atoms with Crippen LogP contribution in [0.25, 0.3) is 0 Å². The predicted octanol–water partition coefficient (Wildman–Crippen LogP) is 8.80. The maximum Gasteiger partial charge on any atom is 0.397 e. The first kappa shape index (κ1) is 53.1. The molecule has 1 fully saturated rings. The van der Waals surface area contributed by atoms with Gasteiger partial charge in [-0.3, -0.25) is 9.35 Å². The summed E-state index contributed by atoms with van der Waals surface area (Å²) in [5.41, 5.74) is 0. The highest BCUT2D eigenvalue weighted by Crippen LogP contribution is 2.26. The zero-order chi connectivity index (χ0) is 41.8. The highest BCUT2D eigenvalue weighted by molar-refractivity contribution is 7.80. The van der Waals surface area contributed by atoms with Crippen LogP contribution in [0.4, 0.5) is 0 Å². The molecule has 1 rings (SSSR count). The van der Waals surface area contributed by atoms with Gasteiger partial charge in [0.25, 0.3) is 0 Å². The average Bonchev–Trinajstić information content (AvgIpc) is 3.18. The fourth-order valence-electron chi connectivity index (χ4n) is 6.45. The van der Waals surface area contributed by atoms with Gasteiger partial charge in [-0.15, -0.1) is 0 Å². The topological polar surface area (TPSA) is 178 Å². The fraction of sp³-hybridized carbons (Fsp3) is 0.795. The molecule has 0 bridgehead atoms. The van der Waals surface area contributed by atoms with Crippen LogP contribution >= 0.6 is 0 Å². The second-order valence-electron chi connectivity index (χ2n) is 14.9. The summed E-state index contributed by atoms with van der Waals surface area (Å²) in [5.74, 6) is -0.478. The van der Waals surface area contributed by atoms with E-state index in [4.69, 9.17) is 23.5 Å². The Morgan fingerprint density at radius 2 is 1.18 bits per heavy atom. The first-order chi connectivity index (χ1) is 27.6. The molecule has 57 heavy (non-hydrogen) atoms. The third-order valence-corrected chi connectivity index (χ3v) is 10.2. The maximum absolute atomic E-state index is 12.8. The molecule has 0 aromatic heterocycles. The van der Waals surface area contributed by atoms with Gasteiger partial charge in [0.15, 0.2) is 6.29 Å². The van der Waals surface area contributed by atoms with Gasteiger partial charge in [-0.1, -0.05) is 165 Å². The highest BCUT2D eigenvalue weighted by Gasteiger charge is 2.48. The van der Waals surface area contributed by atoms with Crippen LogP contribution in [0.15, 0.2) is 48.6 Å². The molecule has 0 spiro atoms. The summed E-state index contributed by atoms with van der Waals surface area (Å²) in [4.78, 5) is 12.8. The van der Waals surface area contributed by atoms with E-state index in [0.29, 0.717) is 13.0 Å². The smallest absolute Gasteiger partial charge is 0.397 e. The molecular formula is C44H78O12S. The van der Waals surface area contributed by atoms with Crippen LogP contribution in [-0.2, 0) is 38.3 Å². The second-order valence-corrected chi connectivity index (χ2v) is 16.0. The van der Waals surface area contributed by atoms with E-state index < -0.39 is 59.8 Å². The van der Waals surface area contributed by atoms with Crippen molar-refractivity contribution in [1.29, 1.82) is 0 Å². The van der Waals surface area contributed by atoms with Crippen molar-refractivity contribution < 1.29 is 56.2 Å². The molecule has 1 aliphatic heterocycles. The lowest BCUT2D eigenvalue weighted by Crippen LogP contribution is -2.60. The third kappa shape index (κ3) is 29.8. The molecule has 0 radical (unpaired) electrons. The van der Waals surface area contributed by atoms with E-state index in [1.165, 1.54) is 89.9 Å². The molecule has 1 heterocycles. The summed E-state index contributed by atoms with van der Waals surface area (Å²) in [6.45, 7) is 3.78. The Morgan fingerprint density at radius 3 is 1.67 bits per heavy atom. The van der Waals surface area contributed by atoms with Gasteiger partial charge in [0.2, 0.25) is 0 Å². The first-order valence-corrected chi connectivity index (χ1v) is 23.3. The van der Waals surface area contributed by atoms with E-state index >= 15 is 0 Å². The Kier molecular flexibility index (Phi) is 33.5. The summed E-state index contributed by atoms with van der Waals surface area (Å²) in [6.07, 6.45) is 33.1. The lowest BCUT2D eigenvalue weighted by Gasteiger charge is -2.41. The number of carbonyl (C=O) groups excluding carboxylic acids is 1. The van der Waals surface area contributed by atoms with Crippen molar-refractivity contribution in [2.45, 2.75) is 198 Å². The molecule has 0 aliphatic carbocycles. The van der Waals surface area contributed by atoms with Crippen molar-refractivity contribution in [3.63, 3.8) is 0 Å². The second kappa shape index (κ2) is 36.0. The number of allylic oxidation sites excluding steroid dienone is 8. The summed E-state index contributed by atoms with van der Waals surface area (Å²) < 4.78 is 58.9. The van der Waals surface area contributed by atoms with E-state index in [2.05, 4.69) is 54.5 Å². The fourth-order valence-corrected chi connectivity index (χ4v) is 6.96. The van der Waals surface area contributed by atoms with Gasteiger partial charge in [0.1, 0.15) is 30.5 Å². The number of unbranched alkanes of at least 4 members (excludes halogenated alkanes) is 16. The minimum atomic E-state index is -5.07. The lowest BCUT2D eigenvalue weighted by atomic mass is 9.99. The van der Waals surface area contributed by atoms with Crippen molar-refractivity contribution in [1.82, 2.24) is 0 Å². The largest absolute Gasteiger partial charge is 0.457 e. The van der Waals surface area contributed by atoms with Gasteiger partial charge >= 0.3 is 16.4 Å². The molecule has 12 nitrogen and oxygen atoms in total. The van der Waals surface area contributed by atoms with E-state index in [1.807, 2.05) is 12.2 Å². The van der Waals surface area contributed by atoms with Crippen LogP contribution < -0.4 is 0 Å². The quantitative estimate of drug-likeness (QED) is 0.0203. The van der Waals surface area contributed by atoms with Crippen molar-refractivity contribution in [2.24, 2.45) is 0 Å². The number of hydrogen-bond acceptors (Lipinski definition) is 11. The number of ether oxygens (including phenoxy) is 4. The van der Waals surface area contributed by atoms with Gasteiger partial charge in [0, 0.05) is 13.0 Å². The lowest BCUT2D eigenvalue weighted by molar-refractivity contribution is -0.301. The number of aliphatic hydroxyl groups is 3. The molecule has 0 aromatic carbocycles. The monoisotopic (exact) mass is 831 g/mol. The van der Waals surface area contributed by atoms with Gasteiger partial charge in [-0.2, -0.15) is 8.42 Å². The summed E-state index contributed by atoms with van der Waals surface area (Å²) in [6, 6.07) is 0. The van der Waals surface area contributed by atoms with Gasteiger partial charge < -0.3 is 34.3 Å². The average molecular weight is 831 g/mol. The number of hydrogen-bond donors (Lipinski definition) is 4. The Labute approximate surface area is 345 Å². The minimum absolute atomic E-state index is 0.00832. The standard InChI is InChI=1S/C44H78O12S/c1-3-5-7-9-11-13-15-17-18-19-20-22-24-26-28-30-32-34-52-36-38(37-53-44-42(48)43(56-57(49,50)51)41(47)39(35-45)55-44)54-40(46)33-31-29-27-25-23-21-16-14-12-10-8-6-4-2/h6,8,12,14,21,23,27,29,38-39,41-45,47-48H,3-5,7,9-11,13,15-20,22,24-26,28,30-37H2,1-2H3,(H,49,50,51)/b8-6-,14-12-,23-21-,29-27-. The molecular weight excluding hydrogens is 753 g/mol.